The first-order valence-electron chi connectivity index (χ1n) is 10.3. The van der Waals surface area contributed by atoms with Crippen LogP contribution in [-0.4, -0.2) is 11.9 Å². The van der Waals surface area contributed by atoms with Crippen LogP contribution < -0.4 is 11.5 Å². The molecule has 0 saturated carbocycles. The summed E-state index contributed by atoms with van der Waals surface area (Å²) in [6, 6.07) is 7.38. The van der Waals surface area contributed by atoms with E-state index in [1.54, 1.807) is 17.7 Å². The van der Waals surface area contributed by atoms with Crippen molar-refractivity contribution in [2.75, 3.05) is 0 Å². The van der Waals surface area contributed by atoms with Crippen molar-refractivity contribution in [2.24, 2.45) is 21.9 Å². The Morgan fingerprint density at radius 1 is 1.11 bits per heavy atom. The van der Waals surface area contributed by atoms with E-state index < -0.39 is 5.91 Å². The molecule has 1 aromatic rings. The summed E-state index contributed by atoms with van der Waals surface area (Å²) >= 11 is 0. The van der Waals surface area contributed by atoms with Gasteiger partial charge in [-0.1, -0.05) is 71.2 Å². The van der Waals surface area contributed by atoms with Crippen molar-refractivity contribution in [2.45, 2.75) is 73.6 Å². The summed E-state index contributed by atoms with van der Waals surface area (Å²) in [5.74, 6) is -0.637. The maximum atomic E-state index is 11.8. The van der Waals surface area contributed by atoms with Crippen molar-refractivity contribution < 1.29 is 4.79 Å². The van der Waals surface area contributed by atoms with Gasteiger partial charge >= 0.3 is 0 Å². The number of guanidine groups is 1. The van der Waals surface area contributed by atoms with Gasteiger partial charge in [0.25, 0.3) is 5.91 Å². The van der Waals surface area contributed by atoms with E-state index in [1.165, 1.54) is 30.4 Å². The molecule has 2 rings (SSSR count). The first kappa shape index (κ1) is 23.7. The molecule has 0 saturated heterocycles. The lowest BCUT2D eigenvalue weighted by molar-refractivity contribution is 0.100. The number of carbonyl (C=O) groups excluding carboxylic acids is 1. The average Bonchev–Trinajstić information content (AvgIpc) is 2.64. The maximum Gasteiger partial charge on any atom is 0.280 e. The molecule has 0 bridgehead atoms. The zero-order valence-electron chi connectivity index (χ0n) is 18.4. The minimum absolute atomic E-state index is 0.219. The second kappa shape index (κ2) is 10.8. The summed E-state index contributed by atoms with van der Waals surface area (Å²) in [6.07, 6.45) is 8.19. The van der Waals surface area contributed by atoms with Gasteiger partial charge < -0.3 is 11.5 Å². The van der Waals surface area contributed by atoms with E-state index in [1.807, 2.05) is 12.1 Å². The fourth-order valence-corrected chi connectivity index (χ4v) is 3.52. The van der Waals surface area contributed by atoms with E-state index in [4.69, 9.17) is 11.5 Å². The first-order chi connectivity index (χ1) is 13.2. The van der Waals surface area contributed by atoms with Crippen LogP contribution in [0, 0.1) is 5.41 Å². The van der Waals surface area contributed by atoms with E-state index in [-0.39, 0.29) is 11.4 Å². The number of allylic oxidation sites excluding steroid dienone is 3. The van der Waals surface area contributed by atoms with Crippen LogP contribution in [0.1, 0.15) is 89.6 Å². The van der Waals surface area contributed by atoms with Crippen LogP contribution in [0.4, 0.5) is 0 Å². The van der Waals surface area contributed by atoms with Crippen LogP contribution >= 0.6 is 0 Å². The molecular formula is C24H37N3O. The number of hydrogen-bond donors (Lipinski definition) is 2. The van der Waals surface area contributed by atoms with E-state index >= 15 is 0 Å². The zero-order chi connectivity index (χ0) is 21.3. The maximum absolute atomic E-state index is 11.8. The third-order valence-electron chi connectivity index (χ3n) is 5.35. The smallest absolute Gasteiger partial charge is 0.280 e. The Kier molecular flexibility index (Phi) is 9.17. The van der Waals surface area contributed by atoms with Crippen LogP contribution in [0.3, 0.4) is 0 Å². The lowest BCUT2D eigenvalue weighted by Gasteiger charge is -2.35. The van der Waals surface area contributed by atoms with Crippen molar-refractivity contribution in [3.63, 3.8) is 0 Å². The van der Waals surface area contributed by atoms with E-state index in [0.717, 1.165) is 18.4 Å². The molecule has 1 aliphatic carbocycles. The first-order valence-corrected chi connectivity index (χ1v) is 10.3. The second-order valence-corrected chi connectivity index (χ2v) is 7.97. The summed E-state index contributed by atoms with van der Waals surface area (Å²) in [7, 11) is 0. The minimum atomic E-state index is -0.419. The lowest BCUT2D eigenvalue weighted by Crippen LogP contribution is -2.24. The number of hydrogen-bond acceptors (Lipinski definition) is 1. The molecule has 0 aliphatic heterocycles. The van der Waals surface area contributed by atoms with Crippen LogP contribution in [0.15, 0.2) is 46.0 Å². The van der Waals surface area contributed by atoms with Crippen LogP contribution in [0.25, 0.3) is 6.08 Å². The van der Waals surface area contributed by atoms with Crippen LogP contribution in [0.2, 0.25) is 0 Å². The van der Waals surface area contributed by atoms with Crippen molar-refractivity contribution in [3.05, 3.63) is 52.1 Å². The topological polar surface area (TPSA) is 81.5 Å². The van der Waals surface area contributed by atoms with Crippen molar-refractivity contribution in [1.82, 2.24) is 0 Å². The molecule has 1 aromatic carbocycles. The van der Waals surface area contributed by atoms with Crippen LogP contribution in [0.5, 0.6) is 0 Å². The summed E-state index contributed by atoms with van der Waals surface area (Å²) in [5, 5.41) is 0. The zero-order valence-corrected chi connectivity index (χ0v) is 18.4. The fourth-order valence-electron chi connectivity index (χ4n) is 3.52. The molecule has 1 aliphatic rings. The fraction of sp³-hybridized carbons (Fsp3) is 0.500. The molecule has 0 heterocycles. The van der Waals surface area contributed by atoms with Crippen molar-refractivity contribution >= 4 is 17.9 Å². The Labute approximate surface area is 170 Å². The van der Waals surface area contributed by atoms with Gasteiger partial charge in [0, 0.05) is 5.56 Å². The molecule has 1 amide bonds. The predicted octanol–water partition coefficient (Wildman–Crippen LogP) is 5.84. The van der Waals surface area contributed by atoms with Gasteiger partial charge in [-0.3, -0.25) is 4.79 Å². The Balaban J connectivity index is 0.000000892. The summed E-state index contributed by atoms with van der Waals surface area (Å²) in [5.41, 5.74) is 16.7. The molecule has 0 unspecified atom stereocenters. The van der Waals surface area contributed by atoms with Crippen molar-refractivity contribution in [1.29, 1.82) is 0 Å². The molecule has 0 spiro atoms. The van der Waals surface area contributed by atoms with E-state index in [9.17, 15) is 4.79 Å². The summed E-state index contributed by atoms with van der Waals surface area (Å²) in [6.45, 7) is 13.5. The van der Waals surface area contributed by atoms with Gasteiger partial charge in [0.1, 0.15) is 0 Å². The third kappa shape index (κ3) is 6.66. The molecule has 154 valence electrons. The quantitative estimate of drug-likeness (QED) is 0.506. The lowest BCUT2D eigenvalue weighted by atomic mass is 9.70. The third-order valence-corrected chi connectivity index (χ3v) is 5.35. The van der Waals surface area contributed by atoms with E-state index in [2.05, 4.69) is 52.6 Å². The highest BCUT2D eigenvalue weighted by atomic mass is 16.1. The number of amides is 1. The summed E-state index contributed by atoms with van der Waals surface area (Å²) < 4.78 is 0. The van der Waals surface area contributed by atoms with Gasteiger partial charge in [0.15, 0.2) is 5.96 Å². The molecule has 4 heteroatoms. The number of nitrogens with two attached hydrogens (primary N) is 2. The van der Waals surface area contributed by atoms with Gasteiger partial charge in [0.05, 0.1) is 0 Å². The van der Waals surface area contributed by atoms with Gasteiger partial charge in [0.2, 0.25) is 0 Å². The van der Waals surface area contributed by atoms with E-state index in [0.29, 0.717) is 5.56 Å². The highest BCUT2D eigenvalue weighted by molar-refractivity contribution is 6.01. The van der Waals surface area contributed by atoms with Gasteiger partial charge in [-0.25, -0.2) is 0 Å². The number of rotatable bonds is 4. The summed E-state index contributed by atoms with van der Waals surface area (Å²) in [4.78, 5) is 15.3. The molecular weight excluding hydrogens is 346 g/mol. The predicted molar refractivity (Wildman–Crippen MR) is 121 cm³/mol. The standard InChI is InChI=1S/C20H27N3O.C4H10/c1-5-17-13(2)16(10-11-20(17,3)4)12-14-6-8-15(9-7-14)18(24)23-19(21)22;1-3-4-2/h6-9,12H,5,10-11H2,1-4H3,(H4,21,22,23,24);3-4H2,1-2H3/b16-12+;. The van der Waals surface area contributed by atoms with Gasteiger partial charge in [-0.2, -0.15) is 4.99 Å². The number of aliphatic imine (C=N–C) groups is 1. The van der Waals surface area contributed by atoms with Crippen LogP contribution in [-0.2, 0) is 0 Å². The largest absolute Gasteiger partial charge is 0.370 e. The number of unbranched alkanes of at least 4 members (excludes halogenated alkanes) is 1. The van der Waals surface area contributed by atoms with Gasteiger partial charge in [-0.05, 0) is 60.4 Å². The Bertz CT molecular complexity index is 747. The highest BCUT2D eigenvalue weighted by Gasteiger charge is 2.29. The van der Waals surface area contributed by atoms with Crippen molar-refractivity contribution in [3.8, 4) is 0 Å². The normalized spacial score (nSPS) is 17.0. The molecule has 28 heavy (non-hydrogen) atoms. The minimum Gasteiger partial charge on any atom is -0.370 e. The Morgan fingerprint density at radius 2 is 1.68 bits per heavy atom. The molecule has 0 fully saturated rings. The number of carbonyl (C=O) groups is 1. The number of benzene rings is 1. The monoisotopic (exact) mass is 383 g/mol. The molecule has 4 N–H and O–H groups in total. The highest BCUT2D eigenvalue weighted by Crippen LogP contribution is 2.44. The van der Waals surface area contributed by atoms with Gasteiger partial charge in [-0.15, -0.1) is 0 Å². The molecule has 0 radical (unpaired) electrons. The second-order valence-electron chi connectivity index (χ2n) is 7.97. The SMILES string of the molecule is CCC1=C(C)/C(=C/c2ccc(C(=O)N=C(N)N)cc2)CCC1(C)C.CCCC. The Morgan fingerprint density at radius 3 is 2.14 bits per heavy atom. The molecule has 0 aromatic heterocycles. The average molecular weight is 384 g/mol. The Hall–Kier alpha value is -2.36. The number of nitrogens with zero attached hydrogens (tertiary/aromatic N) is 1. The molecule has 0 atom stereocenters. The molecule has 4 nitrogen and oxygen atoms in total.